The van der Waals surface area contributed by atoms with E-state index < -0.39 is 0 Å². The summed E-state index contributed by atoms with van der Waals surface area (Å²) in [7, 11) is 0. The van der Waals surface area contributed by atoms with Gasteiger partial charge in [-0.1, -0.05) is 18.5 Å². The summed E-state index contributed by atoms with van der Waals surface area (Å²) in [6.45, 7) is 2.80. The van der Waals surface area contributed by atoms with Crippen LogP contribution in [-0.2, 0) is 11.2 Å². The summed E-state index contributed by atoms with van der Waals surface area (Å²) in [5.74, 6) is 0.0703. The second kappa shape index (κ2) is 6.70. The molecule has 1 aliphatic carbocycles. The molecule has 2 N–H and O–H groups in total. The van der Waals surface area contributed by atoms with Crippen molar-refractivity contribution < 1.29 is 9.59 Å². The van der Waals surface area contributed by atoms with E-state index in [1.807, 2.05) is 6.92 Å². The van der Waals surface area contributed by atoms with Crippen LogP contribution in [0.2, 0.25) is 5.15 Å². The van der Waals surface area contributed by atoms with E-state index in [0.29, 0.717) is 23.8 Å². The maximum Gasteiger partial charge on any atom is 0.251 e. The minimum atomic E-state index is -0.204. The van der Waals surface area contributed by atoms with E-state index in [2.05, 4.69) is 15.6 Å². The number of rotatable bonds is 6. The van der Waals surface area contributed by atoms with Crippen LogP contribution in [-0.4, -0.2) is 29.9 Å². The largest absolute Gasteiger partial charge is 0.354 e. The van der Waals surface area contributed by atoms with Gasteiger partial charge in [0.25, 0.3) is 5.91 Å². The van der Waals surface area contributed by atoms with Gasteiger partial charge in [-0.05, 0) is 31.4 Å². The molecular weight excluding hydrogens is 278 g/mol. The van der Waals surface area contributed by atoms with Crippen LogP contribution in [0.15, 0.2) is 12.1 Å². The third-order valence-electron chi connectivity index (χ3n) is 3.13. The first kappa shape index (κ1) is 14.8. The van der Waals surface area contributed by atoms with Gasteiger partial charge >= 0.3 is 0 Å². The number of hydrogen-bond donors (Lipinski definition) is 2. The molecule has 1 aromatic heterocycles. The molecule has 0 saturated heterocycles. The molecule has 2 rings (SSSR count). The van der Waals surface area contributed by atoms with Crippen molar-refractivity contribution in [3.8, 4) is 0 Å². The quantitative estimate of drug-likeness (QED) is 0.618. The number of nitrogens with one attached hydrogen (secondary N) is 2. The summed E-state index contributed by atoms with van der Waals surface area (Å²) in [4.78, 5) is 27.5. The lowest BCUT2D eigenvalue weighted by atomic mass is 10.2. The van der Waals surface area contributed by atoms with Gasteiger partial charge in [0.1, 0.15) is 5.15 Å². The number of amides is 2. The molecule has 0 aliphatic heterocycles. The van der Waals surface area contributed by atoms with Crippen LogP contribution in [0.1, 0.15) is 35.8 Å². The normalized spacial score (nSPS) is 13.9. The number of pyridine rings is 1. The summed E-state index contributed by atoms with van der Waals surface area (Å²) >= 11 is 5.87. The number of hydrogen-bond acceptors (Lipinski definition) is 3. The Morgan fingerprint density at radius 2 is 2.00 bits per heavy atom. The van der Waals surface area contributed by atoms with Crippen LogP contribution < -0.4 is 10.6 Å². The van der Waals surface area contributed by atoms with E-state index in [0.717, 1.165) is 25.0 Å². The Morgan fingerprint density at radius 3 is 2.65 bits per heavy atom. The molecule has 108 valence electrons. The first-order valence-corrected chi connectivity index (χ1v) is 7.20. The maximum atomic E-state index is 11.9. The van der Waals surface area contributed by atoms with Gasteiger partial charge in [-0.15, -0.1) is 0 Å². The van der Waals surface area contributed by atoms with Crippen molar-refractivity contribution >= 4 is 23.4 Å². The van der Waals surface area contributed by atoms with E-state index in [1.165, 1.54) is 0 Å². The van der Waals surface area contributed by atoms with Crippen molar-refractivity contribution in [2.75, 3.05) is 13.1 Å². The Kier molecular flexibility index (Phi) is 4.95. The van der Waals surface area contributed by atoms with Crippen molar-refractivity contribution in [1.29, 1.82) is 0 Å². The van der Waals surface area contributed by atoms with Gasteiger partial charge in [-0.3, -0.25) is 9.59 Å². The van der Waals surface area contributed by atoms with Crippen molar-refractivity contribution in [2.24, 2.45) is 5.92 Å². The van der Waals surface area contributed by atoms with Crippen molar-refractivity contribution in [2.45, 2.75) is 26.2 Å². The van der Waals surface area contributed by atoms with Crippen LogP contribution in [0.4, 0.5) is 0 Å². The smallest absolute Gasteiger partial charge is 0.251 e. The summed E-state index contributed by atoms with van der Waals surface area (Å²) in [6.07, 6.45) is 2.68. The third-order valence-corrected chi connectivity index (χ3v) is 3.32. The lowest BCUT2D eigenvalue weighted by molar-refractivity contribution is -0.122. The van der Waals surface area contributed by atoms with Crippen LogP contribution in [0, 0.1) is 5.92 Å². The zero-order chi connectivity index (χ0) is 14.5. The molecule has 2 amide bonds. The SMILES string of the molecule is CCc1cc(C(=O)NCCNC(=O)C2CC2)cc(Cl)n1. The van der Waals surface area contributed by atoms with E-state index in [9.17, 15) is 9.59 Å². The fourth-order valence-electron chi connectivity index (χ4n) is 1.82. The highest BCUT2D eigenvalue weighted by molar-refractivity contribution is 6.29. The molecule has 0 spiro atoms. The third kappa shape index (κ3) is 4.20. The number of halogens is 1. The lowest BCUT2D eigenvalue weighted by Crippen LogP contribution is -2.35. The van der Waals surface area contributed by atoms with Crippen molar-refractivity contribution in [1.82, 2.24) is 15.6 Å². The van der Waals surface area contributed by atoms with Gasteiger partial charge < -0.3 is 10.6 Å². The fraction of sp³-hybridized carbons (Fsp3) is 0.500. The number of aryl methyl sites for hydroxylation is 1. The molecule has 1 aromatic rings. The average Bonchev–Trinajstić information content (AvgIpc) is 3.26. The Balaban J connectivity index is 1.79. The second-order valence-corrected chi connectivity index (χ2v) is 5.23. The van der Waals surface area contributed by atoms with Crippen molar-refractivity contribution in [3.05, 3.63) is 28.5 Å². The highest BCUT2D eigenvalue weighted by Crippen LogP contribution is 2.28. The molecule has 0 aromatic carbocycles. The molecule has 1 heterocycles. The first-order chi connectivity index (χ1) is 9.60. The van der Waals surface area contributed by atoms with Gasteiger partial charge in [-0.2, -0.15) is 0 Å². The van der Waals surface area contributed by atoms with E-state index >= 15 is 0 Å². The van der Waals surface area contributed by atoms with Crippen molar-refractivity contribution in [3.63, 3.8) is 0 Å². The van der Waals surface area contributed by atoms with Gasteiger partial charge in [-0.25, -0.2) is 4.98 Å². The standard InChI is InChI=1S/C14H18ClN3O2/c1-2-11-7-10(8-12(15)18-11)14(20)17-6-5-16-13(19)9-3-4-9/h7-9H,2-6H2,1H3,(H,16,19)(H,17,20). The second-order valence-electron chi connectivity index (χ2n) is 4.84. The minimum absolute atomic E-state index is 0.0828. The van der Waals surface area contributed by atoms with Crippen LogP contribution in [0.5, 0.6) is 0 Å². The predicted octanol–water partition coefficient (Wildman–Crippen LogP) is 1.55. The van der Waals surface area contributed by atoms with Gasteiger partial charge in [0.15, 0.2) is 0 Å². The Hall–Kier alpha value is -1.62. The highest BCUT2D eigenvalue weighted by Gasteiger charge is 2.28. The van der Waals surface area contributed by atoms with Crippen LogP contribution in [0.3, 0.4) is 0 Å². The number of carbonyl (C=O) groups is 2. The molecule has 5 nitrogen and oxygen atoms in total. The average molecular weight is 296 g/mol. The van der Waals surface area contributed by atoms with E-state index in [-0.39, 0.29) is 17.7 Å². The topological polar surface area (TPSA) is 71.1 Å². The summed E-state index contributed by atoms with van der Waals surface area (Å²) in [5.41, 5.74) is 1.28. The predicted molar refractivity (Wildman–Crippen MR) is 76.7 cm³/mol. The van der Waals surface area contributed by atoms with Gasteiger partial charge in [0, 0.05) is 30.3 Å². The maximum absolute atomic E-state index is 11.9. The molecular formula is C14H18ClN3O2. The number of aromatic nitrogens is 1. The molecule has 1 aliphatic rings. The molecule has 0 unspecified atom stereocenters. The molecule has 0 bridgehead atoms. The molecule has 6 heteroatoms. The Morgan fingerprint density at radius 1 is 1.30 bits per heavy atom. The minimum Gasteiger partial charge on any atom is -0.354 e. The summed E-state index contributed by atoms with van der Waals surface area (Å²) < 4.78 is 0. The Bertz CT molecular complexity index is 515. The Labute approximate surface area is 123 Å². The highest BCUT2D eigenvalue weighted by atomic mass is 35.5. The number of carbonyl (C=O) groups excluding carboxylic acids is 2. The van der Waals surface area contributed by atoms with Crippen LogP contribution >= 0.6 is 11.6 Å². The van der Waals surface area contributed by atoms with Gasteiger partial charge in [0.05, 0.1) is 0 Å². The number of nitrogens with zero attached hydrogens (tertiary/aromatic N) is 1. The lowest BCUT2D eigenvalue weighted by Gasteiger charge is -2.08. The monoisotopic (exact) mass is 295 g/mol. The zero-order valence-electron chi connectivity index (χ0n) is 11.4. The molecule has 20 heavy (non-hydrogen) atoms. The van der Waals surface area contributed by atoms with Gasteiger partial charge in [0.2, 0.25) is 5.91 Å². The van der Waals surface area contributed by atoms with E-state index in [1.54, 1.807) is 12.1 Å². The zero-order valence-corrected chi connectivity index (χ0v) is 12.2. The molecule has 1 fully saturated rings. The molecule has 0 radical (unpaired) electrons. The summed E-state index contributed by atoms with van der Waals surface area (Å²) in [5, 5.41) is 5.86. The van der Waals surface area contributed by atoms with Crippen LogP contribution in [0.25, 0.3) is 0 Å². The molecule has 0 atom stereocenters. The molecule has 1 saturated carbocycles. The first-order valence-electron chi connectivity index (χ1n) is 6.82. The summed E-state index contributed by atoms with van der Waals surface area (Å²) in [6, 6.07) is 3.27. The fourth-order valence-corrected chi connectivity index (χ4v) is 2.04. The van der Waals surface area contributed by atoms with E-state index in [4.69, 9.17) is 11.6 Å².